The molecule has 7 nitrogen and oxygen atoms in total. The van der Waals surface area contributed by atoms with Crippen molar-refractivity contribution in [1.29, 1.82) is 0 Å². The first-order valence-corrected chi connectivity index (χ1v) is 7.25. The van der Waals surface area contributed by atoms with E-state index in [1.807, 2.05) is 6.07 Å². The van der Waals surface area contributed by atoms with E-state index in [1.54, 1.807) is 32.0 Å². The van der Waals surface area contributed by atoms with Crippen LogP contribution in [0.1, 0.15) is 21.8 Å². The van der Waals surface area contributed by atoms with E-state index < -0.39 is 6.10 Å². The van der Waals surface area contributed by atoms with E-state index in [9.17, 15) is 9.59 Å². The lowest BCUT2D eigenvalue weighted by Crippen LogP contribution is -2.50. The summed E-state index contributed by atoms with van der Waals surface area (Å²) in [6.07, 6.45) is -0.765. The summed E-state index contributed by atoms with van der Waals surface area (Å²) in [5.41, 5.74) is 1.56. The van der Waals surface area contributed by atoms with Crippen molar-refractivity contribution in [2.75, 3.05) is 18.5 Å². The first-order valence-electron chi connectivity index (χ1n) is 7.25. The monoisotopic (exact) mass is 315 g/mol. The second-order valence-corrected chi connectivity index (χ2v) is 5.30. The first kappa shape index (κ1) is 15.1. The molecule has 3 rings (SSSR count). The van der Waals surface area contributed by atoms with Gasteiger partial charge in [0.1, 0.15) is 17.1 Å². The van der Waals surface area contributed by atoms with Crippen LogP contribution in [0.2, 0.25) is 0 Å². The summed E-state index contributed by atoms with van der Waals surface area (Å²) in [5, 5.41) is 6.38. The average molecular weight is 315 g/mol. The molecule has 1 aliphatic heterocycles. The predicted octanol–water partition coefficient (Wildman–Crippen LogP) is 1.45. The normalized spacial score (nSPS) is 16.5. The fraction of sp³-hybridized carbons (Fsp3) is 0.312. The molecule has 0 radical (unpaired) electrons. The number of carbonyl (C=O) groups excluding carboxylic acids is 2. The summed E-state index contributed by atoms with van der Waals surface area (Å²) < 4.78 is 10.8. The Labute approximate surface area is 133 Å². The van der Waals surface area contributed by atoms with Gasteiger partial charge in [-0.3, -0.25) is 9.59 Å². The Kier molecular flexibility index (Phi) is 3.77. The van der Waals surface area contributed by atoms with Crippen molar-refractivity contribution in [3.8, 4) is 5.75 Å². The Bertz CT molecular complexity index is 749. The number of carbonyl (C=O) groups is 2. The molecule has 7 heteroatoms. The maximum absolute atomic E-state index is 13.0. The van der Waals surface area contributed by atoms with Crippen LogP contribution in [0.4, 0.5) is 5.69 Å². The number of likely N-dealkylation sites (N-methyl/N-ethyl adjacent to an activating group) is 1. The average Bonchev–Trinajstić information content (AvgIpc) is 2.91. The van der Waals surface area contributed by atoms with Crippen LogP contribution >= 0.6 is 0 Å². The molecule has 120 valence electrons. The molecule has 1 N–H and O–H groups in total. The minimum atomic E-state index is -0.765. The molecule has 1 atom stereocenters. The molecule has 1 aromatic heterocycles. The van der Waals surface area contributed by atoms with Crippen LogP contribution < -0.4 is 15.0 Å². The number of amides is 2. The molecule has 0 saturated heterocycles. The molecular weight excluding hydrogens is 298 g/mol. The zero-order valence-corrected chi connectivity index (χ0v) is 13.1. The number of aryl methyl sites for hydroxylation is 2. The lowest BCUT2D eigenvalue weighted by Gasteiger charge is -2.33. The quantitative estimate of drug-likeness (QED) is 0.906. The van der Waals surface area contributed by atoms with Crippen LogP contribution in [0.5, 0.6) is 5.75 Å². The fourth-order valence-corrected chi connectivity index (χ4v) is 2.65. The summed E-state index contributed by atoms with van der Waals surface area (Å²) in [4.78, 5) is 26.5. The zero-order chi connectivity index (χ0) is 16.6. The highest BCUT2D eigenvalue weighted by molar-refractivity contribution is 6.09. The Balaban J connectivity index is 2.03. The number of benzene rings is 1. The number of aromatic nitrogens is 1. The van der Waals surface area contributed by atoms with E-state index >= 15 is 0 Å². The van der Waals surface area contributed by atoms with Crippen LogP contribution in [0.25, 0.3) is 0 Å². The molecule has 0 bridgehead atoms. The van der Waals surface area contributed by atoms with Gasteiger partial charge in [0.15, 0.2) is 6.10 Å². The smallest absolute Gasteiger partial charge is 0.264 e. The molecular formula is C16H17N3O4. The van der Waals surface area contributed by atoms with Gasteiger partial charge in [-0.15, -0.1) is 0 Å². The van der Waals surface area contributed by atoms with Crippen LogP contribution in [0, 0.1) is 13.8 Å². The van der Waals surface area contributed by atoms with Crippen molar-refractivity contribution >= 4 is 17.5 Å². The molecule has 2 amide bonds. The number of ether oxygens (including phenoxy) is 1. The second kappa shape index (κ2) is 5.75. The van der Waals surface area contributed by atoms with Crippen LogP contribution in [0.3, 0.4) is 0 Å². The summed E-state index contributed by atoms with van der Waals surface area (Å²) >= 11 is 0. The third-order valence-electron chi connectivity index (χ3n) is 3.80. The highest BCUT2D eigenvalue weighted by Gasteiger charge is 2.35. The standard InChI is InChI=1S/C16H17N3O4/c1-9-14(10(2)23-18-9)16(21)19-8-13(15(20)17-3)22-12-7-5-4-6-11(12)19/h4-7,13H,8H2,1-3H3,(H,17,20). The second-order valence-electron chi connectivity index (χ2n) is 5.30. The Morgan fingerprint density at radius 3 is 2.70 bits per heavy atom. The van der Waals surface area contributed by atoms with E-state index in [0.717, 1.165) is 0 Å². The van der Waals surface area contributed by atoms with E-state index in [1.165, 1.54) is 11.9 Å². The van der Waals surface area contributed by atoms with Gasteiger partial charge in [-0.25, -0.2) is 0 Å². The largest absolute Gasteiger partial charge is 0.477 e. The Morgan fingerprint density at radius 2 is 2.04 bits per heavy atom. The van der Waals surface area contributed by atoms with Gasteiger partial charge >= 0.3 is 0 Å². The maximum atomic E-state index is 13.0. The van der Waals surface area contributed by atoms with Crippen molar-refractivity contribution in [3.63, 3.8) is 0 Å². The van der Waals surface area contributed by atoms with Crippen molar-refractivity contribution in [3.05, 3.63) is 41.3 Å². The molecule has 23 heavy (non-hydrogen) atoms. The SMILES string of the molecule is CNC(=O)C1CN(C(=O)c2c(C)noc2C)c2ccccc2O1. The van der Waals surface area contributed by atoms with Crippen molar-refractivity contribution in [2.45, 2.75) is 20.0 Å². The first-order chi connectivity index (χ1) is 11.0. The molecule has 1 unspecified atom stereocenters. The molecule has 2 heterocycles. The van der Waals surface area contributed by atoms with Gasteiger partial charge in [-0.05, 0) is 26.0 Å². The van der Waals surface area contributed by atoms with E-state index in [-0.39, 0.29) is 18.4 Å². The van der Waals surface area contributed by atoms with Gasteiger partial charge in [0.2, 0.25) is 0 Å². The van der Waals surface area contributed by atoms with Crippen molar-refractivity contribution in [2.24, 2.45) is 0 Å². The van der Waals surface area contributed by atoms with Gasteiger partial charge in [0, 0.05) is 7.05 Å². The molecule has 1 aromatic carbocycles. The number of fused-ring (bicyclic) bond motifs is 1. The number of anilines is 1. The van der Waals surface area contributed by atoms with Gasteiger partial charge in [-0.2, -0.15) is 0 Å². The van der Waals surface area contributed by atoms with E-state index in [2.05, 4.69) is 10.5 Å². The topological polar surface area (TPSA) is 84.7 Å². The number of rotatable bonds is 2. The molecule has 0 saturated carbocycles. The third kappa shape index (κ3) is 2.54. The van der Waals surface area contributed by atoms with Crippen LogP contribution in [-0.4, -0.2) is 36.7 Å². The summed E-state index contributed by atoms with van der Waals surface area (Å²) in [6, 6.07) is 7.13. The third-order valence-corrected chi connectivity index (χ3v) is 3.80. The Hall–Kier alpha value is -2.83. The minimum absolute atomic E-state index is 0.125. The van der Waals surface area contributed by atoms with E-state index in [0.29, 0.717) is 28.5 Å². The van der Waals surface area contributed by atoms with Crippen LogP contribution in [-0.2, 0) is 4.79 Å². The molecule has 0 fully saturated rings. The zero-order valence-electron chi connectivity index (χ0n) is 13.1. The maximum Gasteiger partial charge on any atom is 0.264 e. The number of para-hydroxylation sites is 2. The lowest BCUT2D eigenvalue weighted by molar-refractivity contribution is -0.127. The molecule has 0 spiro atoms. The van der Waals surface area contributed by atoms with Gasteiger partial charge in [0.05, 0.1) is 17.9 Å². The highest BCUT2D eigenvalue weighted by Crippen LogP contribution is 2.34. The summed E-state index contributed by atoms with van der Waals surface area (Å²) in [6.45, 7) is 3.53. The Morgan fingerprint density at radius 1 is 1.30 bits per heavy atom. The predicted molar refractivity (Wildman–Crippen MR) is 82.6 cm³/mol. The van der Waals surface area contributed by atoms with E-state index in [4.69, 9.17) is 9.26 Å². The fourth-order valence-electron chi connectivity index (χ4n) is 2.65. The lowest BCUT2D eigenvalue weighted by atomic mass is 10.1. The highest BCUT2D eigenvalue weighted by atomic mass is 16.5. The minimum Gasteiger partial charge on any atom is -0.477 e. The molecule has 1 aliphatic rings. The number of nitrogens with zero attached hydrogens (tertiary/aromatic N) is 2. The van der Waals surface area contributed by atoms with Gasteiger partial charge in [0.25, 0.3) is 11.8 Å². The van der Waals surface area contributed by atoms with Crippen LogP contribution in [0.15, 0.2) is 28.8 Å². The number of hydrogen-bond acceptors (Lipinski definition) is 5. The molecule has 0 aliphatic carbocycles. The summed E-state index contributed by atoms with van der Waals surface area (Å²) in [7, 11) is 1.53. The molecule has 2 aromatic rings. The van der Waals surface area contributed by atoms with Gasteiger partial charge < -0.3 is 19.5 Å². The number of nitrogens with one attached hydrogen (secondary N) is 1. The number of hydrogen-bond donors (Lipinski definition) is 1. The van der Waals surface area contributed by atoms with Gasteiger partial charge in [-0.1, -0.05) is 17.3 Å². The van der Waals surface area contributed by atoms with Crippen molar-refractivity contribution < 1.29 is 18.8 Å². The van der Waals surface area contributed by atoms with Crippen molar-refractivity contribution in [1.82, 2.24) is 10.5 Å². The summed E-state index contributed by atoms with van der Waals surface area (Å²) in [5.74, 6) is 0.405.